The van der Waals surface area contributed by atoms with E-state index in [4.69, 9.17) is 9.47 Å². The molecule has 186 valence electrons. The van der Waals surface area contributed by atoms with Crippen LogP contribution in [0.15, 0.2) is 78.2 Å². The van der Waals surface area contributed by atoms with Crippen LogP contribution in [0.1, 0.15) is 33.4 Å². The van der Waals surface area contributed by atoms with Gasteiger partial charge in [0, 0.05) is 5.56 Å². The van der Waals surface area contributed by atoms with Crippen LogP contribution in [-0.4, -0.2) is 23.2 Å². The van der Waals surface area contributed by atoms with Crippen molar-refractivity contribution in [3.63, 3.8) is 0 Å². The van der Waals surface area contributed by atoms with Crippen LogP contribution >= 0.6 is 11.8 Å². The van der Waals surface area contributed by atoms with Gasteiger partial charge in [-0.3, -0.25) is 14.5 Å². The Morgan fingerprint density at radius 2 is 1.84 bits per heavy atom. The van der Waals surface area contributed by atoms with Crippen LogP contribution in [0, 0.1) is 18.3 Å². The number of imide groups is 1. The molecule has 0 atom stereocenters. The van der Waals surface area contributed by atoms with Gasteiger partial charge in [0.05, 0.1) is 30.2 Å². The number of hydrogen-bond donors (Lipinski definition) is 0. The molecule has 3 aromatic carbocycles. The number of methoxy groups -OCH3 is 1. The lowest BCUT2D eigenvalue weighted by Gasteiger charge is -2.16. The molecule has 0 unspecified atom stereocenters. The van der Waals surface area contributed by atoms with Gasteiger partial charge in [-0.25, -0.2) is 0 Å². The number of carbonyl (C=O) groups is 2. The van der Waals surface area contributed by atoms with Crippen molar-refractivity contribution in [2.75, 3.05) is 7.11 Å². The lowest BCUT2D eigenvalue weighted by molar-refractivity contribution is -0.123. The van der Waals surface area contributed by atoms with Crippen LogP contribution in [-0.2, 0) is 24.4 Å². The number of hydrogen-bond acceptors (Lipinski definition) is 6. The highest BCUT2D eigenvalue weighted by Crippen LogP contribution is 2.38. The number of amides is 2. The summed E-state index contributed by atoms with van der Waals surface area (Å²) in [5.41, 5.74) is 4.84. The third kappa shape index (κ3) is 5.93. The van der Waals surface area contributed by atoms with Gasteiger partial charge in [-0.2, -0.15) is 5.26 Å². The van der Waals surface area contributed by atoms with Crippen molar-refractivity contribution >= 4 is 29.0 Å². The summed E-state index contributed by atoms with van der Waals surface area (Å²) >= 11 is 0.878. The number of ether oxygens (including phenoxy) is 2. The number of rotatable bonds is 9. The molecule has 0 spiro atoms. The molecule has 4 rings (SSSR count). The fraction of sp³-hybridized carbons (Fsp3) is 0.167. The zero-order chi connectivity index (χ0) is 26.4. The minimum absolute atomic E-state index is 0.0442. The van der Waals surface area contributed by atoms with Gasteiger partial charge in [0.1, 0.15) is 6.61 Å². The van der Waals surface area contributed by atoms with E-state index >= 15 is 0 Å². The van der Waals surface area contributed by atoms with E-state index in [0.29, 0.717) is 46.1 Å². The molecule has 2 amide bonds. The first-order valence-corrected chi connectivity index (χ1v) is 12.5. The minimum Gasteiger partial charge on any atom is -0.493 e. The number of benzene rings is 3. The first-order valence-electron chi connectivity index (χ1n) is 11.7. The Labute approximate surface area is 220 Å². The summed E-state index contributed by atoms with van der Waals surface area (Å²) in [7, 11) is 1.57. The summed E-state index contributed by atoms with van der Waals surface area (Å²) in [5.74, 6) is 0.743. The van der Waals surface area contributed by atoms with E-state index in [1.165, 1.54) is 5.56 Å². The van der Waals surface area contributed by atoms with E-state index in [1.807, 2.05) is 37.3 Å². The van der Waals surface area contributed by atoms with Gasteiger partial charge in [0.2, 0.25) is 0 Å². The van der Waals surface area contributed by atoms with Crippen molar-refractivity contribution in [2.24, 2.45) is 0 Å². The second kappa shape index (κ2) is 11.6. The van der Waals surface area contributed by atoms with Crippen molar-refractivity contribution < 1.29 is 19.1 Å². The molecule has 37 heavy (non-hydrogen) atoms. The van der Waals surface area contributed by atoms with Crippen LogP contribution in [0.3, 0.4) is 0 Å². The molecule has 1 saturated heterocycles. The molecule has 0 radical (unpaired) electrons. The highest BCUT2D eigenvalue weighted by atomic mass is 32.2. The predicted molar refractivity (Wildman–Crippen MR) is 145 cm³/mol. The second-order valence-electron chi connectivity index (χ2n) is 8.52. The van der Waals surface area contributed by atoms with Crippen LogP contribution in [0.2, 0.25) is 0 Å². The Morgan fingerprint density at radius 3 is 2.54 bits per heavy atom. The van der Waals surface area contributed by atoms with E-state index in [0.717, 1.165) is 27.8 Å². The Bertz CT molecular complexity index is 1420. The largest absolute Gasteiger partial charge is 0.493 e. The SMILES string of the molecule is C=CCc1cc(/C=C2/SC(=O)N(Cc3ccccc3C#N)C2=O)cc(OC)c1OCc1ccc(C)cc1. The topological polar surface area (TPSA) is 79.6 Å². The first-order chi connectivity index (χ1) is 17.9. The maximum Gasteiger partial charge on any atom is 0.293 e. The highest BCUT2D eigenvalue weighted by Gasteiger charge is 2.35. The van der Waals surface area contributed by atoms with Crippen LogP contribution < -0.4 is 9.47 Å². The van der Waals surface area contributed by atoms with Crippen LogP contribution in [0.4, 0.5) is 4.79 Å². The predicted octanol–water partition coefficient (Wildman–Crippen LogP) is 6.42. The normalized spacial score (nSPS) is 14.1. The van der Waals surface area contributed by atoms with Gasteiger partial charge in [0.25, 0.3) is 11.1 Å². The van der Waals surface area contributed by atoms with Gasteiger partial charge in [-0.15, -0.1) is 6.58 Å². The van der Waals surface area contributed by atoms with Crippen molar-refractivity contribution in [3.05, 3.63) is 112 Å². The van der Waals surface area contributed by atoms with Gasteiger partial charge in [0.15, 0.2) is 11.5 Å². The Balaban J connectivity index is 1.60. The molecule has 1 fully saturated rings. The summed E-state index contributed by atoms with van der Waals surface area (Å²) in [4.78, 5) is 27.2. The lowest BCUT2D eigenvalue weighted by atomic mass is 10.0. The number of thioether (sulfide) groups is 1. The molecule has 1 aliphatic rings. The summed E-state index contributed by atoms with van der Waals surface area (Å²) < 4.78 is 11.8. The first kappa shape index (κ1) is 25.8. The van der Waals surface area contributed by atoms with Crippen molar-refractivity contribution in [2.45, 2.75) is 26.5 Å². The number of nitrogens with zero attached hydrogens (tertiary/aromatic N) is 2. The number of carbonyl (C=O) groups excluding carboxylic acids is 2. The van der Waals surface area contributed by atoms with E-state index in [-0.39, 0.29) is 11.8 Å². The van der Waals surface area contributed by atoms with Gasteiger partial charge < -0.3 is 9.47 Å². The number of nitriles is 1. The summed E-state index contributed by atoms with van der Waals surface area (Å²) in [6.45, 7) is 6.31. The Morgan fingerprint density at radius 1 is 1.08 bits per heavy atom. The molecule has 0 aromatic heterocycles. The molecule has 1 aliphatic heterocycles. The Hall–Kier alpha value is -4.28. The lowest BCUT2D eigenvalue weighted by Crippen LogP contribution is -2.27. The molecule has 3 aromatic rings. The second-order valence-corrected chi connectivity index (χ2v) is 9.51. The number of allylic oxidation sites excluding steroid dienone is 1. The quantitative estimate of drug-likeness (QED) is 0.244. The fourth-order valence-electron chi connectivity index (χ4n) is 3.95. The smallest absolute Gasteiger partial charge is 0.293 e. The molecule has 7 heteroatoms. The van der Waals surface area contributed by atoms with Gasteiger partial charge >= 0.3 is 0 Å². The van der Waals surface area contributed by atoms with E-state index in [9.17, 15) is 14.9 Å². The molecule has 0 aliphatic carbocycles. The maximum atomic E-state index is 13.1. The van der Waals surface area contributed by atoms with E-state index in [2.05, 4.69) is 12.6 Å². The van der Waals surface area contributed by atoms with Crippen molar-refractivity contribution in [1.82, 2.24) is 4.90 Å². The van der Waals surface area contributed by atoms with Crippen LogP contribution in [0.5, 0.6) is 11.5 Å². The summed E-state index contributed by atoms with van der Waals surface area (Å²) in [6, 6.07) is 20.9. The number of aryl methyl sites for hydroxylation is 1. The summed E-state index contributed by atoms with van der Waals surface area (Å²) in [5, 5.41) is 8.97. The maximum absolute atomic E-state index is 13.1. The molecule has 0 N–H and O–H groups in total. The third-order valence-electron chi connectivity index (χ3n) is 5.88. The van der Waals surface area contributed by atoms with E-state index in [1.54, 1.807) is 49.6 Å². The molecule has 6 nitrogen and oxygen atoms in total. The Kier molecular flexibility index (Phi) is 8.11. The fourth-order valence-corrected chi connectivity index (χ4v) is 4.79. The average molecular weight is 511 g/mol. The van der Waals surface area contributed by atoms with Crippen molar-refractivity contribution in [3.8, 4) is 17.6 Å². The van der Waals surface area contributed by atoms with Gasteiger partial charge in [-0.05, 0) is 66.1 Å². The monoisotopic (exact) mass is 510 g/mol. The van der Waals surface area contributed by atoms with Gasteiger partial charge in [-0.1, -0.05) is 54.1 Å². The standard InChI is InChI=1S/C30H26N2O4S/c1-4-7-23-14-22(15-26(35-3)28(23)36-19-21-12-10-20(2)11-13-21)16-27-29(33)32(30(34)37-27)18-25-9-6-5-8-24(25)17-31/h4-6,8-16H,1,7,18-19H2,2-3H3/b27-16+. The minimum atomic E-state index is -0.397. The molecular formula is C30H26N2O4S. The third-order valence-corrected chi connectivity index (χ3v) is 6.79. The molecule has 0 bridgehead atoms. The zero-order valence-electron chi connectivity index (χ0n) is 20.7. The molecular weight excluding hydrogens is 484 g/mol. The average Bonchev–Trinajstić information content (AvgIpc) is 3.16. The van der Waals surface area contributed by atoms with Crippen LogP contribution in [0.25, 0.3) is 6.08 Å². The molecule has 0 saturated carbocycles. The van der Waals surface area contributed by atoms with Crippen molar-refractivity contribution in [1.29, 1.82) is 5.26 Å². The van der Waals surface area contributed by atoms with E-state index < -0.39 is 5.91 Å². The molecule has 1 heterocycles. The highest BCUT2D eigenvalue weighted by molar-refractivity contribution is 8.18. The zero-order valence-corrected chi connectivity index (χ0v) is 21.5. The summed E-state index contributed by atoms with van der Waals surface area (Å²) in [6.07, 6.45) is 3.99.